The molecule has 2 N–H and O–H groups in total. The maximum absolute atomic E-state index is 11.9. The van der Waals surface area contributed by atoms with Gasteiger partial charge in [-0.15, -0.1) is 0 Å². The first-order valence-corrected chi connectivity index (χ1v) is 8.04. The second-order valence-corrected chi connectivity index (χ2v) is 5.60. The Morgan fingerprint density at radius 3 is 2.84 bits per heavy atom. The van der Waals surface area contributed by atoms with Crippen molar-refractivity contribution in [1.29, 1.82) is 0 Å². The summed E-state index contributed by atoms with van der Waals surface area (Å²) in [4.78, 5) is 16.2. The molecule has 25 heavy (non-hydrogen) atoms. The van der Waals surface area contributed by atoms with Gasteiger partial charge in [-0.25, -0.2) is 4.79 Å². The Bertz CT molecular complexity index is 855. The molecular formula is C17H19N5O3. The normalized spacial score (nSPS) is 10.6. The molecule has 0 aliphatic rings. The summed E-state index contributed by atoms with van der Waals surface area (Å²) in [6, 6.07) is 8.88. The monoisotopic (exact) mass is 341 g/mol. The van der Waals surface area contributed by atoms with Crippen molar-refractivity contribution in [2.24, 2.45) is 0 Å². The number of benzene rings is 1. The molecule has 0 unspecified atom stereocenters. The molecule has 2 heterocycles. The molecule has 0 radical (unpaired) electrons. The zero-order valence-corrected chi connectivity index (χ0v) is 14.1. The first-order valence-electron chi connectivity index (χ1n) is 8.04. The van der Waals surface area contributed by atoms with Crippen LogP contribution in [-0.2, 0) is 13.0 Å². The summed E-state index contributed by atoms with van der Waals surface area (Å²) in [5, 5.41) is 13.0. The third kappa shape index (κ3) is 4.43. The van der Waals surface area contributed by atoms with Gasteiger partial charge in [0.15, 0.2) is 11.6 Å². The lowest BCUT2D eigenvalue weighted by Gasteiger charge is -2.06. The van der Waals surface area contributed by atoms with Gasteiger partial charge in [-0.3, -0.25) is 5.32 Å². The minimum Gasteiger partial charge on any atom is -0.360 e. The molecule has 0 spiro atoms. The Morgan fingerprint density at radius 2 is 2.08 bits per heavy atom. The van der Waals surface area contributed by atoms with Gasteiger partial charge < -0.3 is 14.4 Å². The largest absolute Gasteiger partial charge is 0.360 e. The van der Waals surface area contributed by atoms with Crippen molar-refractivity contribution in [3.8, 4) is 11.5 Å². The van der Waals surface area contributed by atoms with Gasteiger partial charge in [-0.05, 0) is 31.0 Å². The zero-order chi connectivity index (χ0) is 17.6. The van der Waals surface area contributed by atoms with Gasteiger partial charge in [0.1, 0.15) is 5.76 Å². The quantitative estimate of drug-likeness (QED) is 0.712. The number of carbonyl (C=O) groups is 1. The fourth-order valence-corrected chi connectivity index (χ4v) is 2.28. The second kappa shape index (κ2) is 7.61. The van der Waals surface area contributed by atoms with E-state index in [2.05, 4.69) is 32.9 Å². The summed E-state index contributed by atoms with van der Waals surface area (Å²) in [6.07, 6.45) is 1.75. The third-order valence-corrected chi connectivity index (χ3v) is 3.44. The van der Waals surface area contributed by atoms with Crippen molar-refractivity contribution in [3.63, 3.8) is 0 Å². The van der Waals surface area contributed by atoms with Crippen molar-refractivity contribution < 1.29 is 13.8 Å². The Balaban J connectivity index is 1.60. The third-order valence-electron chi connectivity index (χ3n) is 3.44. The van der Waals surface area contributed by atoms with E-state index in [4.69, 9.17) is 9.05 Å². The summed E-state index contributed by atoms with van der Waals surface area (Å²) >= 11 is 0. The van der Waals surface area contributed by atoms with Crippen molar-refractivity contribution in [3.05, 3.63) is 47.5 Å². The molecule has 0 aliphatic heterocycles. The molecule has 0 atom stereocenters. The average molecular weight is 341 g/mol. The van der Waals surface area contributed by atoms with Crippen LogP contribution in [0.25, 0.3) is 11.5 Å². The smallest absolute Gasteiger partial charge is 0.320 e. The van der Waals surface area contributed by atoms with E-state index in [1.165, 1.54) is 0 Å². The van der Waals surface area contributed by atoms with Crippen LogP contribution in [0.15, 0.2) is 39.4 Å². The van der Waals surface area contributed by atoms with Gasteiger partial charge in [-0.1, -0.05) is 29.4 Å². The number of aryl methyl sites for hydroxylation is 2. The highest BCUT2D eigenvalue weighted by Gasteiger charge is 2.10. The van der Waals surface area contributed by atoms with Gasteiger partial charge in [-0.2, -0.15) is 4.98 Å². The fourth-order valence-electron chi connectivity index (χ4n) is 2.28. The predicted octanol–water partition coefficient (Wildman–Crippen LogP) is 3.31. The van der Waals surface area contributed by atoms with Crippen LogP contribution in [0.1, 0.15) is 30.5 Å². The van der Waals surface area contributed by atoms with E-state index in [0.717, 1.165) is 24.0 Å². The molecule has 1 aromatic carbocycles. The van der Waals surface area contributed by atoms with E-state index in [9.17, 15) is 4.79 Å². The highest BCUT2D eigenvalue weighted by atomic mass is 16.5. The summed E-state index contributed by atoms with van der Waals surface area (Å²) < 4.78 is 10.2. The number of amides is 2. The number of carbonyl (C=O) groups excluding carboxylic acids is 1. The lowest BCUT2D eigenvalue weighted by Crippen LogP contribution is -2.28. The summed E-state index contributed by atoms with van der Waals surface area (Å²) in [5.74, 6) is 2.18. The number of anilines is 1. The topological polar surface area (TPSA) is 106 Å². The molecule has 2 amide bonds. The van der Waals surface area contributed by atoms with Crippen LogP contribution < -0.4 is 10.6 Å². The number of nitrogens with zero attached hydrogens (tertiary/aromatic N) is 3. The number of hydrogen-bond acceptors (Lipinski definition) is 6. The SMILES string of the molecule is CCCc1noc(-c2cccc(CNC(=O)Nc3cc(C)on3)c2)n1. The number of aromatic nitrogens is 3. The lowest BCUT2D eigenvalue weighted by atomic mass is 10.1. The maximum atomic E-state index is 11.9. The fraction of sp³-hybridized carbons (Fsp3) is 0.294. The van der Waals surface area contributed by atoms with Crippen LogP contribution in [0, 0.1) is 6.92 Å². The average Bonchev–Trinajstić information content (AvgIpc) is 3.23. The molecule has 130 valence electrons. The second-order valence-electron chi connectivity index (χ2n) is 5.60. The summed E-state index contributed by atoms with van der Waals surface area (Å²) in [6.45, 7) is 4.17. The minimum absolute atomic E-state index is 0.354. The van der Waals surface area contributed by atoms with Gasteiger partial charge >= 0.3 is 6.03 Å². The minimum atomic E-state index is -0.360. The van der Waals surface area contributed by atoms with Crippen LogP contribution in [0.4, 0.5) is 10.6 Å². The van der Waals surface area contributed by atoms with Crippen LogP contribution in [0.5, 0.6) is 0 Å². The Kier molecular flexibility index (Phi) is 5.08. The van der Waals surface area contributed by atoms with Crippen molar-refractivity contribution in [1.82, 2.24) is 20.6 Å². The van der Waals surface area contributed by atoms with E-state index in [-0.39, 0.29) is 6.03 Å². The van der Waals surface area contributed by atoms with Crippen molar-refractivity contribution >= 4 is 11.8 Å². The Morgan fingerprint density at radius 1 is 1.20 bits per heavy atom. The van der Waals surface area contributed by atoms with E-state index in [1.54, 1.807) is 13.0 Å². The first-order chi connectivity index (χ1) is 12.1. The first kappa shape index (κ1) is 16.7. The van der Waals surface area contributed by atoms with Crippen LogP contribution in [-0.4, -0.2) is 21.3 Å². The number of rotatable bonds is 6. The molecule has 8 nitrogen and oxygen atoms in total. The Hall–Kier alpha value is -3.16. The number of hydrogen-bond donors (Lipinski definition) is 2. The van der Waals surface area contributed by atoms with E-state index in [0.29, 0.717) is 29.8 Å². The number of nitrogens with one attached hydrogen (secondary N) is 2. The number of urea groups is 1. The maximum Gasteiger partial charge on any atom is 0.320 e. The molecular weight excluding hydrogens is 322 g/mol. The molecule has 0 aliphatic carbocycles. The van der Waals surface area contributed by atoms with Crippen LogP contribution in [0.2, 0.25) is 0 Å². The van der Waals surface area contributed by atoms with E-state index < -0.39 is 0 Å². The molecule has 0 saturated carbocycles. The summed E-state index contributed by atoms with van der Waals surface area (Å²) in [7, 11) is 0. The van der Waals surface area contributed by atoms with E-state index in [1.807, 2.05) is 24.3 Å². The highest BCUT2D eigenvalue weighted by molar-refractivity contribution is 5.88. The highest BCUT2D eigenvalue weighted by Crippen LogP contribution is 2.19. The lowest BCUT2D eigenvalue weighted by molar-refractivity contribution is 0.251. The molecule has 3 aromatic rings. The molecule has 0 saturated heterocycles. The van der Waals surface area contributed by atoms with Gasteiger partial charge in [0.05, 0.1) is 0 Å². The van der Waals surface area contributed by atoms with Gasteiger partial charge in [0, 0.05) is 24.6 Å². The molecule has 2 aromatic heterocycles. The molecule has 0 bridgehead atoms. The Labute approximate surface area is 144 Å². The standard InChI is InChI=1S/C17H19N5O3/c1-3-5-14-19-16(25-21-14)13-7-4-6-12(9-13)10-18-17(23)20-15-8-11(2)24-22-15/h4,6-9H,3,5,10H2,1-2H3,(H2,18,20,22,23). The molecule has 8 heteroatoms. The van der Waals surface area contributed by atoms with Crippen LogP contribution in [0.3, 0.4) is 0 Å². The zero-order valence-electron chi connectivity index (χ0n) is 14.1. The molecule has 0 fully saturated rings. The van der Waals surface area contributed by atoms with Crippen LogP contribution >= 0.6 is 0 Å². The molecule has 3 rings (SSSR count). The van der Waals surface area contributed by atoms with E-state index >= 15 is 0 Å². The van der Waals surface area contributed by atoms with Crippen molar-refractivity contribution in [2.75, 3.05) is 5.32 Å². The summed E-state index contributed by atoms with van der Waals surface area (Å²) in [5.41, 5.74) is 1.74. The van der Waals surface area contributed by atoms with Gasteiger partial charge in [0.2, 0.25) is 0 Å². The van der Waals surface area contributed by atoms with Crippen molar-refractivity contribution in [2.45, 2.75) is 33.2 Å². The van der Waals surface area contributed by atoms with Gasteiger partial charge in [0.25, 0.3) is 5.89 Å². The predicted molar refractivity (Wildman–Crippen MR) is 90.8 cm³/mol.